The molecule has 0 amide bonds. The average Bonchev–Trinajstić information content (AvgIpc) is 2.89. The summed E-state index contributed by atoms with van der Waals surface area (Å²) in [7, 11) is 1.13. The number of methoxy groups -OCH3 is 1. The fourth-order valence-corrected chi connectivity index (χ4v) is 3.54. The summed E-state index contributed by atoms with van der Waals surface area (Å²) in [6, 6.07) is 2.25. The summed E-state index contributed by atoms with van der Waals surface area (Å²) in [5.74, 6) is -1.88. The van der Waals surface area contributed by atoms with Crippen LogP contribution in [0.4, 0.5) is 17.6 Å². The minimum atomic E-state index is -4.99. The summed E-state index contributed by atoms with van der Waals surface area (Å²) < 4.78 is 63.5. The molecule has 5 nitrogen and oxygen atoms in total. The second kappa shape index (κ2) is 8.01. The van der Waals surface area contributed by atoms with E-state index in [1.165, 1.54) is 6.07 Å². The Morgan fingerprint density at radius 1 is 1.31 bits per heavy atom. The van der Waals surface area contributed by atoms with E-state index in [0.717, 1.165) is 32.4 Å². The van der Waals surface area contributed by atoms with E-state index in [2.05, 4.69) is 14.0 Å². The number of carbonyl (C=O) groups is 1. The zero-order valence-corrected chi connectivity index (χ0v) is 15.1. The number of hydrogen-bond acceptors (Lipinski definition) is 6. The molecule has 0 N–H and O–H groups in total. The van der Waals surface area contributed by atoms with Crippen molar-refractivity contribution in [3.63, 3.8) is 0 Å². The molecule has 0 saturated heterocycles. The van der Waals surface area contributed by atoms with Gasteiger partial charge in [-0.2, -0.15) is 0 Å². The highest BCUT2D eigenvalue weighted by molar-refractivity contribution is 7.90. The van der Waals surface area contributed by atoms with Gasteiger partial charge < -0.3 is 8.92 Å². The first-order valence-electron chi connectivity index (χ1n) is 7.72. The van der Waals surface area contributed by atoms with E-state index in [1.807, 2.05) is 13.8 Å². The average molecular weight is 398 g/mol. The summed E-state index contributed by atoms with van der Waals surface area (Å²) in [6.45, 7) is 4.04. The molecular formula is C16H18F4O5S. The molecule has 2 rings (SSSR count). The van der Waals surface area contributed by atoms with Crippen LogP contribution in [0.5, 0.6) is 5.75 Å². The van der Waals surface area contributed by atoms with E-state index in [-0.39, 0.29) is 35.0 Å². The second-order valence-electron chi connectivity index (χ2n) is 6.54. The van der Waals surface area contributed by atoms with Gasteiger partial charge in [0.25, 0.3) is 12.3 Å². The fourth-order valence-electron chi connectivity index (χ4n) is 3.19. The zero-order valence-electron chi connectivity index (χ0n) is 14.3. The van der Waals surface area contributed by atoms with Crippen molar-refractivity contribution in [3.05, 3.63) is 29.1 Å². The number of carbonyl (C=O) groups excluding carboxylic acids is 1. The van der Waals surface area contributed by atoms with Gasteiger partial charge in [-0.05, 0) is 30.2 Å². The smallest absolute Gasteiger partial charge is 0.465 e. The van der Waals surface area contributed by atoms with E-state index in [9.17, 15) is 22.4 Å². The standard InChI is InChI=1S/C16H18F4O5S/c1-15(2)6-4-5-11(15)9-7-10(14(21)22-3)12(17)8-13(9)23-26-25-24-16(18,19)20/h7-8,11H,4-6H2,1-3H3/t11-/m0/s1. The predicted octanol–water partition coefficient (Wildman–Crippen LogP) is 5.32. The van der Waals surface area contributed by atoms with E-state index in [4.69, 9.17) is 4.18 Å². The SMILES string of the molecule is COC(=O)c1cc([C@@H]2CCCC2(C)C)c(OSOOC(F)(F)F)cc1F. The number of hydrogen-bond donors (Lipinski definition) is 0. The summed E-state index contributed by atoms with van der Waals surface area (Å²) in [6.07, 6.45) is -2.40. The number of rotatable bonds is 6. The van der Waals surface area contributed by atoms with Crippen molar-refractivity contribution in [2.75, 3.05) is 7.11 Å². The van der Waals surface area contributed by atoms with Crippen molar-refractivity contribution in [1.82, 2.24) is 0 Å². The molecule has 1 saturated carbocycles. The van der Waals surface area contributed by atoms with Crippen LogP contribution < -0.4 is 4.18 Å². The molecule has 0 spiro atoms. The Balaban J connectivity index is 2.30. The molecule has 1 aromatic carbocycles. The maximum absolute atomic E-state index is 14.2. The molecule has 1 atom stereocenters. The molecule has 26 heavy (non-hydrogen) atoms. The zero-order chi connectivity index (χ0) is 19.5. The Labute approximate surface area is 152 Å². The first-order chi connectivity index (χ1) is 12.0. The third-order valence-electron chi connectivity index (χ3n) is 4.42. The number of alkyl halides is 3. The van der Waals surface area contributed by atoms with Gasteiger partial charge >= 0.3 is 12.3 Å². The van der Waals surface area contributed by atoms with Crippen LogP contribution in [0.25, 0.3) is 0 Å². The highest BCUT2D eigenvalue weighted by Crippen LogP contribution is 2.51. The lowest BCUT2D eigenvalue weighted by molar-refractivity contribution is -0.441. The molecule has 10 heteroatoms. The Morgan fingerprint density at radius 3 is 2.54 bits per heavy atom. The number of ether oxygens (including phenoxy) is 1. The molecular weight excluding hydrogens is 380 g/mol. The van der Waals surface area contributed by atoms with Crippen molar-refractivity contribution in [2.45, 2.75) is 45.4 Å². The first-order valence-corrected chi connectivity index (χ1v) is 8.39. The molecule has 0 aliphatic heterocycles. The largest absolute Gasteiger partial charge is 0.550 e. The molecule has 0 heterocycles. The van der Waals surface area contributed by atoms with E-state index in [1.54, 1.807) is 0 Å². The molecule has 1 aliphatic carbocycles. The fraction of sp³-hybridized carbons (Fsp3) is 0.562. The minimum absolute atomic E-state index is 0.0362. The number of esters is 1. The van der Waals surface area contributed by atoms with Crippen LogP contribution in [0.1, 0.15) is 54.9 Å². The van der Waals surface area contributed by atoms with Crippen molar-refractivity contribution < 1.29 is 40.5 Å². The Bertz CT molecular complexity index is 663. The topological polar surface area (TPSA) is 54.0 Å². The Hall–Kier alpha value is -1.52. The Morgan fingerprint density at radius 2 is 2.00 bits per heavy atom. The first kappa shape index (κ1) is 20.8. The van der Waals surface area contributed by atoms with Crippen molar-refractivity contribution in [3.8, 4) is 5.75 Å². The molecule has 1 aromatic rings. The van der Waals surface area contributed by atoms with E-state index < -0.39 is 18.1 Å². The quantitative estimate of drug-likeness (QED) is 0.162. The van der Waals surface area contributed by atoms with Gasteiger partial charge in [0.05, 0.1) is 12.7 Å². The van der Waals surface area contributed by atoms with Gasteiger partial charge in [0.1, 0.15) is 11.6 Å². The third kappa shape index (κ3) is 5.01. The van der Waals surface area contributed by atoms with Gasteiger partial charge in [0, 0.05) is 11.6 Å². The third-order valence-corrected chi connectivity index (χ3v) is 4.79. The minimum Gasteiger partial charge on any atom is -0.465 e. The van der Waals surface area contributed by atoms with Gasteiger partial charge in [-0.25, -0.2) is 9.18 Å². The van der Waals surface area contributed by atoms with Crippen LogP contribution in [0.3, 0.4) is 0 Å². The number of benzene rings is 1. The molecule has 1 aliphatic rings. The van der Waals surface area contributed by atoms with Crippen molar-refractivity contribution >= 4 is 18.3 Å². The van der Waals surface area contributed by atoms with Crippen molar-refractivity contribution in [1.29, 1.82) is 0 Å². The van der Waals surface area contributed by atoms with E-state index >= 15 is 0 Å². The van der Waals surface area contributed by atoms with Crippen LogP contribution >= 0.6 is 12.3 Å². The second-order valence-corrected chi connectivity index (χ2v) is 6.98. The molecule has 0 bridgehead atoms. The molecule has 1 fully saturated rings. The summed E-state index contributed by atoms with van der Waals surface area (Å²) in [5.41, 5.74) is 0.0737. The summed E-state index contributed by atoms with van der Waals surface area (Å²) in [5, 5.41) is 0. The highest BCUT2D eigenvalue weighted by atomic mass is 32.2. The summed E-state index contributed by atoms with van der Waals surface area (Å²) in [4.78, 5) is 14.9. The monoisotopic (exact) mass is 398 g/mol. The van der Waals surface area contributed by atoms with Crippen LogP contribution in [-0.2, 0) is 14.0 Å². The lowest BCUT2D eigenvalue weighted by atomic mass is 9.77. The van der Waals surface area contributed by atoms with Gasteiger partial charge in [-0.15, -0.1) is 22.4 Å². The van der Waals surface area contributed by atoms with Crippen LogP contribution in [0.15, 0.2) is 12.1 Å². The normalized spacial score (nSPS) is 19.4. The van der Waals surface area contributed by atoms with E-state index in [0.29, 0.717) is 5.56 Å². The predicted molar refractivity (Wildman–Crippen MR) is 84.6 cm³/mol. The van der Waals surface area contributed by atoms with Gasteiger partial charge in [0.2, 0.25) is 0 Å². The molecule has 0 radical (unpaired) electrons. The maximum atomic E-state index is 14.2. The highest BCUT2D eigenvalue weighted by Gasteiger charge is 2.38. The molecule has 146 valence electrons. The van der Waals surface area contributed by atoms with Crippen LogP contribution in [-0.4, -0.2) is 19.4 Å². The van der Waals surface area contributed by atoms with Gasteiger partial charge in [-0.1, -0.05) is 20.3 Å². The summed E-state index contributed by atoms with van der Waals surface area (Å²) >= 11 is -0.0900. The molecule has 0 aromatic heterocycles. The Kier molecular flexibility index (Phi) is 6.41. The van der Waals surface area contributed by atoms with Crippen LogP contribution in [0.2, 0.25) is 0 Å². The lowest BCUT2D eigenvalue weighted by Gasteiger charge is -2.28. The van der Waals surface area contributed by atoms with Gasteiger partial charge in [0.15, 0.2) is 0 Å². The van der Waals surface area contributed by atoms with Crippen molar-refractivity contribution in [2.24, 2.45) is 5.41 Å². The number of halogens is 4. The van der Waals surface area contributed by atoms with Gasteiger partial charge in [-0.3, -0.25) is 0 Å². The van der Waals surface area contributed by atoms with Crippen LogP contribution in [0, 0.1) is 11.2 Å². The molecule has 0 unspecified atom stereocenters. The maximum Gasteiger partial charge on any atom is 0.550 e. The lowest BCUT2D eigenvalue weighted by Crippen LogP contribution is -2.17.